The van der Waals surface area contributed by atoms with Crippen molar-refractivity contribution < 1.29 is 35.1 Å². The Kier molecular flexibility index (Phi) is 6.86. The summed E-state index contributed by atoms with van der Waals surface area (Å²) >= 11 is 0.525. The molecule has 0 amide bonds. The molecule has 0 fully saturated rings. The topological polar surface area (TPSA) is 50.7 Å². The number of hydrogen-bond acceptors (Lipinski definition) is 4. The van der Waals surface area contributed by atoms with Crippen molar-refractivity contribution in [1.82, 2.24) is 0 Å². The normalized spacial score (nSPS) is 11.6. The summed E-state index contributed by atoms with van der Waals surface area (Å²) in [5.74, 6) is -15.6. The highest BCUT2D eigenvalue weighted by molar-refractivity contribution is 7.99. The summed E-state index contributed by atoms with van der Waals surface area (Å²) in [5, 5.41) is 5.37. The summed E-state index contributed by atoms with van der Waals surface area (Å²) in [4.78, 5) is -0.940. The molecule has 0 radical (unpaired) electrons. The first kappa shape index (κ1) is 21.9. The Balaban J connectivity index is 2.54. The lowest BCUT2D eigenvalue weighted by atomic mass is 10.2. The molecule has 0 saturated heterocycles. The minimum Gasteiger partial charge on any atom is -0.394 e. The van der Waals surface area contributed by atoms with Gasteiger partial charge in [-0.1, -0.05) is 13.3 Å². The van der Waals surface area contributed by atoms with E-state index in [1.165, 1.54) is 0 Å². The first-order valence-corrected chi connectivity index (χ1v) is 8.63. The lowest BCUT2D eigenvalue weighted by Crippen LogP contribution is -2.03. The van der Waals surface area contributed by atoms with E-state index in [0.717, 1.165) is 0 Å². The summed E-state index contributed by atoms with van der Waals surface area (Å²) in [6.45, 7) is 1.79. The Morgan fingerprint density at radius 1 is 0.679 bits per heavy atom. The van der Waals surface area contributed by atoms with E-state index in [4.69, 9.17) is 5.73 Å². The molecule has 3 nitrogen and oxygen atoms in total. The van der Waals surface area contributed by atoms with Crippen LogP contribution in [0, 0.1) is 46.5 Å². The standard InChI is InChI=1S/C16H11F8N3S/c1-2-3-4-28-16-11(23)9(21)15(10(22)12(16)24)27-26-14-7(19)5(17)13(25)6(18)8(14)20/h2-4,25H2,1H3. The van der Waals surface area contributed by atoms with Crippen LogP contribution in [-0.4, -0.2) is 5.75 Å². The molecule has 0 unspecified atom stereocenters. The van der Waals surface area contributed by atoms with Gasteiger partial charge >= 0.3 is 0 Å². The second-order valence-corrected chi connectivity index (χ2v) is 6.46. The number of hydrogen-bond donors (Lipinski definition) is 1. The second-order valence-electron chi connectivity index (χ2n) is 5.35. The van der Waals surface area contributed by atoms with Crippen LogP contribution in [-0.2, 0) is 0 Å². The zero-order valence-corrected chi connectivity index (χ0v) is 14.8. The van der Waals surface area contributed by atoms with E-state index in [0.29, 0.717) is 24.6 Å². The van der Waals surface area contributed by atoms with Crippen molar-refractivity contribution in [2.75, 3.05) is 11.5 Å². The van der Waals surface area contributed by atoms with Gasteiger partial charge in [-0.05, 0) is 12.2 Å². The maximum atomic E-state index is 14.0. The van der Waals surface area contributed by atoms with Gasteiger partial charge in [-0.25, -0.2) is 35.1 Å². The molecule has 28 heavy (non-hydrogen) atoms. The quantitative estimate of drug-likeness (QED) is 0.139. The van der Waals surface area contributed by atoms with Crippen LogP contribution in [0.3, 0.4) is 0 Å². The Bertz CT molecular complexity index is 890. The molecule has 0 heterocycles. The number of nitrogens with zero attached hydrogens (tertiary/aromatic N) is 2. The van der Waals surface area contributed by atoms with Crippen LogP contribution in [0.1, 0.15) is 19.8 Å². The summed E-state index contributed by atoms with van der Waals surface area (Å²) in [6.07, 6.45) is 1.18. The monoisotopic (exact) mass is 429 g/mol. The lowest BCUT2D eigenvalue weighted by Gasteiger charge is -2.09. The van der Waals surface area contributed by atoms with Crippen LogP contribution < -0.4 is 5.73 Å². The number of halogens is 8. The van der Waals surface area contributed by atoms with Crippen LogP contribution in [0.15, 0.2) is 15.1 Å². The molecule has 0 bridgehead atoms. The summed E-state index contributed by atoms with van der Waals surface area (Å²) < 4.78 is 110. The van der Waals surface area contributed by atoms with Crippen molar-refractivity contribution in [2.24, 2.45) is 10.2 Å². The highest BCUT2D eigenvalue weighted by Crippen LogP contribution is 2.38. The van der Waals surface area contributed by atoms with Crippen molar-refractivity contribution in [3.63, 3.8) is 0 Å². The van der Waals surface area contributed by atoms with Crippen molar-refractivity contribution in [3.8, 4) is 0 Å². The molecule has 0 saturated carbocycles. The fourth-order valence-corrected chi connectivity index (χ4v) is 3.03. The molecule has 0 aliphatic carbocycles. The van der Waals surface area contributed by atoms with Gasteiger partial charge in [0.05, 0.1) is 4.90 Å². The lowest BCUT2D eigenvalue weighted by molar-refractivity contribution is 0.428. The fourth-order valence-electron chi connectivity index (χ4n) is 1.96. The minimum absolute atomic E-state index is 0.171. The molecule has 2 aromatic rings. The van der Waals surface area contributed by atoms with E-state index in [2.05, 4.69) is 10.2 Å². The van der Waals surface area contributed by atoms with Gasteiger partial charge in [0.25, 0.3) is 0 Å². The number of thioether (sulfide) groups is 1. The van der Waals surface area contributed by atoms with E-state index >= 15 is 0 Å². The number of anilines is 1. The maximum Gasteiger partial charge on any atom is 0.191 e. The third kappa shape index (κ3) is 3.91. The Morgan fingerprint density at radius 3 is 1.46 bits per heavy atom. The molecule has 2 aromatic carbocycles. The predicted octanol–water partition coefficient (Wildman–Crippen LogP) is 6.69. The predicted molar refractivity (Wildman–Crippen MR) is 86.8 cm³/mol. The van der Waals surface area contributed by atoms with Crippen LogP contribution in [0.5, 0.6) is 0 Å². The van der Waals surface area contributed by atoms with Crippen molar-refractivity contribution in [2.45, 2.75) is 24.7 Å². The number of benzene rings is 2. The third-order valence-electron chi connectivity index (χ3n) is 3.47. The summed E-state index contributed by atoms with van der Waals surface area (Å²) in [6, 6.07) is 0. The molecule has 2 N–H and O–H groups in total. The van der Waals surface area contributed by atoms with Crippen LogP contribution in [0.2, 0.25) is 0 Å². The van der Waals surface area contributed by atoms with Crippen molar-refractivity contribution >= 4 is 28.8 Å². The molecule has 0 spiro atoms. The molecular weight excluding hydrogens is 418 g/mol. The Labute approximate surface area is 157 Å². The fraction of sp³-hybridized carbons (Fsp3) is 0.250. The molecule has 0 atom stereocenters. The van der Waals surface area contributed by atoms with Crippen molar-refractivity contribution in [3.05, 3.63) is 46.5 Å². The first-order chi connectivity index (χ1) is 13.1. The van der Waals surface area contributed by atoms with Gasteiger partial charge in [-0.2, -0.15) is 0 Å². The van der Waals surface area contributed by atoms with Crippen LogP contribution in [0.4, 0.5) is 52.2 Å². The van der Waals surface area contributed by atoms with Gasteiger partial charge < -0.3 is 5.73 Å². The van der Waals surface area contributed by atoms with E-state index in [9.17, 15) is 35.1 Å². The number of unbranched alkanes of at least 4 members (excludes halogenated alkanes) is 1. The number of azo groups is 1. The van der Waals surface area contributed by atoms with Gasteiger partial charge in [0, 0.05) is 0 Å². The van der Waals surface area contributed by atoms with Crippen molar-refractivity contribution in [1.29, 1.82) is 0 Å². The first-order valence-electron chi connectivity index (χ1n) is 7.65. The van der Waals surface area contributed by atoms with Gasteiger partial charge in [-0.3, -0.25) is 0 Å². The van der Waals surface area contributed by atoms with E-state index < -0.39 is 68.5 Å². The van der Waals surface area contributed by atoms with Gasteiger partial charge in [0.15, 0.2) is 57.9 Å². The molecule has 0 aliphatic heterocycles. The van der Waals surface area contributed by atoms with Gasteiger partial charge in [0.1, 0.15) is 5.69 Å². The smallest absolute Gasteiger partial charge is 0.191 e. The molecule has 152 valence electrons. The average molecular weight is 429 g/mol. The van der Waals surface area contributed by atoms with E-state index in [-0.39, 0.29) is 5.75 Å². The Hall–Kier alpha value is -2.37. The number of nitrogen functional groups attached to an aromatic ring is 1. The summed E-state index contributed by atoms with van der Waals surface area (Å²) in [7, 11) is 0. The SMILES string of the molecule is CCCCSc1c(F)c(F)c(N=Nc2c(F)c(F)c(N)c(F)c2F)c(F)c1F. The van der Waals surface area contributed by atoms with Crippen LogP contribution in [0.25, 0.3) is 0 Å². The maximum absolute atomic E-state index is 14.0. The molecular formula is C16H11F8N3S. The number of nitrogens with two attached hydrogens (primary N) is 1. The van der Waals surface area contributed by atoms with E-state index in [1.807, 2.05) is 0 Å². The number of rotatable bonds is 6. The zero-order chi connectivity index (χ0) is 21.2. The molecule has 2 rings (SSSR count). The minimum atomic E-state index is -2.10. The Morgan fingerprint density at radius 2 is 1.07 bits per heavy atom. The summed E-state index contributed by atoms with van der Waals surface area (Å²) in [5.41, 5.74) is -0.0768. The average Bonchev–Trinajstić information content (AvgIpc) is 2.68. The zero-order valence-electron chi connectivity index (χ0n) is 14.0. The largest absolute Gasteiger partial charge is 0.394 e. The van der Waals surface area contributed by atoms with Gasteiger partial charge in [0.2, 0.25) is 0 Å². The van der Waals surface area contributed by atoms with E-state index in [1.54, 1.807) is 6.92 Å². The van der Waals surface area contributed by atoms with Gasteiger partial charge in [-0.15, -0.1) is 22.0 Å². The highest BCUT2D eigenvalue weighted by Gasteiger charge is 2.27. The molecule has 12 heteroatoms. The molecule has 0 aromatic heterocycles. The second kappa shape index (κ2) is 8.76. The molecule has 0 aliphatic rings. The third-order valence-corrected chi connectivity index (χ3v) is 4.61. The van der Waals surface area contributed by atoms with Crippen LogP contribution >= 0.6 is 11.8 Å². The highest BCUT2D eigenvalue weighted by atomic mass is 32.2.